The molecule has 1 aliphatic carbocycles. The second-order valence-corrected chi connectivity index (χ2v) is 8.17. The Balaban J connectivity index is 1.78. The van der Waals surface area contributed by atoms with Crippen LogP contribution in [0.4, 0.5) is 0 Å². The van der Waals surface area contributed by atoms with Gasteiger partial charge in [-0.05, 0) is 65.2 Å². The van der Waals surface area contributed by atoms with Gasteiger partial charge in [-0.15, -0.1) is 16.4 Å². The van der Waals surface area contributed by atoms with Gasteiger partial charge in [-0.25, -0.2) is 14.6 Å². The molecule has 0 amide bonds. The highest BCUT2D eigenvalue weighted by Gasteiger charge is 2.28. The Kier molecular flexibility index (Phi) is 3.81. The smallest absolute Gasteiger partial charge is 0.215 e. The molecule has 0 aromatic carbocycles. The van der Waals surface area contributed by atoms with Crippen LogP contribution in [-0.4, -0.2) is 30.2 Å². The zero-order valence-corrected chi connectivity index (χ0v) is 15.0. The first-order valence-corrected chi connectivity index (χ1v) is 9.52. The van der Waals surface area contributed by atoms with Crippen molar-refractivity contribution in [3.8, 4) is 0 Å². The summed E-state index contributed by atoms with van der Waals surface area (Å²) in [5.74, 6) is 1.40. The number of aromatic nitrogens is 6. The molecule has 1 aliphatic rings. The molecule has 0 atom stereocenters. The molecule has 120 valence electrons. The first-order chi connectivity index (χ1) is 11.1. The van der Waals surface area contributed by atoms with Gasteiger partial charge in [-0.1, -0.05) is 13.8 Å². The molecule has 0 unspecified atom stereocenters. The van der Waals surface area contributed by atoms with Gasteiger partial charge in [-0.3, -0.25) is 0 Å². The highest BCUT2D eigenvalue weighted by Crippen LogP contribution is 2.40. The Morgan fingerprint density at radius 1 is 1.35 bits per heavy atom. The van der Waals surface area contributed by atoms with Gasteiger partial charge in [0.2, 0.25) is 5.16 Å². The number of thiophene rings is 1. The van der Waals surface area contributed by atoms with Crippen LogP contribution in [0.5, 0.6) is 0 Å². The van der Waals surface area contributed by atoms with E-state index in [1.165, 1.54) is 10.9 Å². The van der Waals surface area contributed by atoms with Gasteiger partial charge in [0, 0.05) is 5.39 Å². The maximum absolute atomic E-state index is 4.69. The Labute approximate surface area is 142 Å². The van der Waals surface area contributed by atoms with Crippen molar-refractivity contribution in [2.45, 2.75) is 56.3 Å². The van der Waals surface area contributed by atoms with Gasteiger partial charge >= 0.3 is 0 Å². The molecule has 3 aromatic rings. The Morgan fingerprint density at radius 2 is 2.17 bits per heavy atom. The number of hydrogen-bond acceptors (Lipinski definition) is 7. The van der Waals surface area contributed by atoms with Crippen molar-refractivity contribution < 1.29 is 0 Å². The van der Waals surface area contributed by atoms with E-state index >= 15 is 0 Å². The fraction of sp³-hybridized carbons (Fsp3) is 0.533. The van der Waals surface area contributed by atoms with E-state index in [1.807, 2.05) is 11.6 Å². The van der Waals surface area contributed by atoms with Crippen molar-refractivity contribution in [1.29, 1.82) is 0 Å². The topological polar surface area (TPSA) is 69.4 Å². The molecule has 3 heterocycles. The number of nitrogens with zero attached hydrogens (tertiary/aromatic N) is 6. The van der Waals surface area contributed by atoms with Crippen LogP contribution < -0.4 is 0 Å². The van der Waals surface area contributed by atoms with Crippen LogP contribution in [0.15, 0.2) is 15.6 Å². The third-order valence-electron chi connectivity index (χ3n) is 3.76. The van der Waals surface area contributed by atoms with Crippen LogP contribution >= 0.6 is 23.1 Å². The van der Waals surface area contributed by atoms with Crippen molar-refractivity contribution >= 4 is 33.3 Å². The number of rotatable bonds is 5. The molecule has 0 saturated heterocycles. The van der Waals surface area contributed by atoms with Gasteiger partial charge in [0.25, 0.3) is 0 Å². The van der Waals surface area contributed by atoms with Crippen molar-refractivity contribution in [1.82, 2.24) is 30.2 Å². The van der Waals surface area contributed by atoms with Crippen LogP contribution in [0.3, 0.4) is 0 Å². The van der Waals surface area contributed by atoms with Gasteiger partial charge in [-0.2, -0.15) is 0 Å². The van der Waals surface area contributed by atoms with Crippen LogP contribution in [0.2, 0.25) is 0 Å². The summed E-state index contributed by atoms with van der Waals surface area (Å²) in [4.78, 5) is 10.3. The Morgan fingerprint density at radius 3 is 2.91 bits per heavy atom. The largest absolute Gasteiger partial charge is 0.226 e. The van der Waals surface area contributed by atoms with Crippen LogP contribution in [0, 0.1) is 12.8 Å². The molecule has 23 heavy (non-hydrogen) atoms. The highest BCUT2D eigenvalue weighted by molar-refractivity contribution is 7.99. The second-order valence-electron chi connectivity index (χ2n) is 6.35. The summed E-state index contributed by atoms with van der Waals surface area (Å²) in [6.45, 7) is 6.41. The summed E-state index contributed by atoms with van der Waals surface area (Å²) < 4.78 is 1.93. The van der Waals surface area contributed by atoms with Gasteiger partial charge in [0.15, 0.2) is 0 Å². The molecule has 0 bridgehead atoms. The van der Waals surface area contributed by atoms with Gasteiger partial charge < -0.3 is 0 Å². The van der Waals surface area contributed by atoms with E-state index in [1.54, 1.807) is 23.1 Å². The number of hydrogen-bond donors (Lipinski definition) is 0. The quantitative estimate of drug-likeness (QED) is 0.657. The SMILES string of the molecule is Cc1nc(Sc2nnnn2C2CC2)c2c(CC(C)C)csc2n1. The number of aryl methyl sites for hydroxylation is 1. The van der Waals surface area contributed by atoms with E-state index in [0.717, 1.165) is 40.1 Å². The maximum atomic E-state index is 4.69. The molecule has 0 radical (unpaired) electrons. The lowest BCUT2D eigenvalue weighted by Crippen LogP contribution is -2.00. The summed E-state index contributed by atoms with van der Waals surface area (Å²) in [6.07, 6.45) is 3.36. The Bertz CT molecular complexity index is 849. The van der Waals surface area contributed by atoms with Crippen molar-refractivity contribution in [2.75, 3.05) is 0 Å². The summed E-state index contributed by atoms with van der Waals surface area (Å²) in [5.41, 5.74) is 1.33. The lowest BCUT2D eigenvalue weighted by molar-refractivity contribution is 0.565. The van der Waals surface area contributed by atoms with E-state index in [9.17, 15) is 0 Å². The lowest BCUT2D eigenvalue weighted by Gasteiger charge is -2.07. The predicted octanol–water partition coefficient (Wildman–Crippen LogP) is 3.67. The minimum absolute atomic E-state index is 0.462. The second kappa shape index (κ2) is 5.83. The molecular weight excluding hydrogens is 328 g/mol. The fourth-order valence-corrected chi connectivity index (χ4v) is 4.72. The molecule has 4 rings (SSSR count). The van der Waals surface area contributed by atoms with Gasteiger partial charge in [0.05, 0.1) is 6.04 Å². The third-order valence-corrected chi connectivity index (χ3v) is 5.62. The molecule has 8 heteroatoms. The lowest BCUT2D eigenvalue weighted by atomic mass is 10.0. The summed E-state index contributed by atoms with van der Waals surface area (Å²) in [7, 11) is 0. The first-order valence-electron chi connectivity index (χ1n) is 7.82. The van der Waals surface area contributed by atoms with Crippen LogP contribution in [-0.2, 0) is 6.42 Å². The highest BCUT2D eigenvalue weighted by atomic mass is 32.2. The molecular formula is C15H18N6S2. The minimum Gasteiger partial charge on any atom is -0.226 e. The summed E-state index contributed by atoms with van der Waals surface area (Å²) >= 11 is 3.26. The molecule has 1 saturated carbocycles. The third kappa shape index (κ3) is 2.97. The van der Waals surface area contributed by atoms with Gasteiger partial charge in [0.1, 0.15) is 15.7 Å². The van der Waals surface area contributed by atoms with E-state index in [4.69, 9.17) is 0 Å². The fourth-order valence-electron chi connectivity index (χ4n) is 2.62. The molecule has 0 spiro atoms. The monoisotopic (exact) mass is 346 g/mol. The van der Waals surface area contributed by atoms with Crippen molar-refractivity contribution in [3.63, 3.8) is 0 Å². The van der Waals surface area contributed by atoms with E-state index in [0.29, 0.717) is 12.0 Å². The van der Waals surface area contributed by atoms with E-state index < -0.39 is 0 Å². The zero-order chi connectivity index (χ0) is 16.0. The molecule has 1 fully saturated rings. The molecule has 6 nitrogen and oxygen atoms in total. The van der Waals surface area contributed by atoms with Crippen molar-refractivity contribution in [3.05, 3.63) is 16.8 Å². The predicted molar refractivity (Wildman–Crippen MR) is 90.9 cm³/mol. The molecule has 3 aromatic heterocycles. The van der Waals surface area contributed by atoms with Crippen LogP contribution in [0.1, 0.15) is 44.1 Å². The van der Waals surface area contributed by atoms with Crippen LogP contribution in [0.25, 0.3) is 10.2 Å². The average molecular weight is 346 g/mol. The van der Waals surface area contributed by atoms with E-state index in [2.05, 4.69) is 44.7 Å². The number of fused-ring (bicyclic) bond motifs is 1. The maximum Gasteiger partial charge on any atom is 0.215 e. The zero-order valence-electron chi connectivity index (χ0n) is 13.4. The average Bonchev–Trinajstić information content (AvgIpc) is 3.10. The summed E-state index contributed by atoms with van der Waals surface area (Å²) in [6, 6.07) is 0.462. The van der Waals surface area contributed by atoms with Crippen molar-refractivity contribution in [2.24, 2.45) is 5.92 Å². The molecule has 0 N–H and O–H groups in total. The normalized spacial score (nSPS) is 15.0. The Hall–Kier alpha value is -1.54. The minimum atomic E-state index is 0.462. The number of tetrazole rings is 1. The van der Waals surface area contributed by atoms with E-state index in [-0.39, 0.29) is 0 Å². The molecule has 0 aliphatic heterocycles. The first kappa shape index (κ1) is 15.0. The standard InChI is InChI=1S/C15H18N6S2/c1-8(2)6-10-7-22-13-12(10)14(17-9(3)16-13)23-15-18-19-20-21(15)11-4-5-11/h7-8,11H,4-6H2,1-3H3. The summed E-state index contributed by atoms with van der Waals surface area (Å²) in [5, 5.41) is 17.3.